The molecule has 2 heterocycles. The van der Waals surface area contributed by atoms with Crippen LogP contribution in [-0.4, -0.2) is 57.4 Å². The zero-order chi connectivity index (χ0) is 16.8. The maximum Gasteiger partial charge on any atom is 0.193 e. The van der Waals surface area contributed by atoms with E-state index in [-0.39, 0.29) is 6.10 Å². The van der Waals surface area contributed by atoms with Gasteiger partial charge in [-0.25, -0.2) is 0 Å². The summed E-state index contributed by atoms with van der Waals surface area (Å²) >= 11 is 0. The van der Waals surface area contributed by atoms with Gasteiger partial charge in [-0.2, -0.15) is 0 Å². The van der Waals surface area contributed by atoms with Crippen LogP contribution in [0.5, 0.6) is 5.75 Å². The number of benzene rings is 1. The molecular weight excluding hydrogens is 302 g/mol. The summed E-state index contributed by atoms with van der Waals surface area (Å²) in [6, 6.07) is 8.28. The Hall–Kier alpha value is -1.75. The van der Waals surface area contributed by atoms with Gasteiger partial charge in [-0.05, 0) is 36.8 Å². The normalized spacial score (nSPS) is 21.2. The molecule has 1 fully saturated rings. The van der Waals surface area contributed by atoms with Crippen molar-refractivity contribution in [3.8, 4) is 5.75 Å². The average molecular weight is 331 g/mol. The summed E-state index contributed by atoms with van der Waals surface area (Å²) in [5, 5.41) is 3.46. The van der Waals surface area contributed by atoms with Crippen LogP contribution in [0.2, 0.25) is 0 Å². The maximum atomic E-state index is 5.99. The van der Waals surface area contributed by atoms with Crippen LogP contribution in [-0.2, 0) is 11.2 Å². The average Bonchev–Trinajstić information content (AvgIpc) is 3.04. The Balaban J connectivity index is 1.41. The molecule has 0 aromatic heterocycles. The van der Waals surface area contributed by atoms with Crippen LogP contribution in [0.25, 0.3) is 0 Å². The van der Waals surface area contributed by atoms with Crippen molar-refractivity contribution in [3.63, 3.8) is 0 Å². The molecule has 0 bridgehead atoms. The van der Waals surface area contributed by atoms with Crippen molar-refractivity contribution in [1.29, 1.82) is 0 Å². The molecule has 3 rings (SSSR count). The molecule has 1 aromatic rings. The van der Waals surface area contributed by atoms with E-state index in [0.29, 0.717) is 0 Å². The fourth-order valence-electron chi connectivity index (χ4n) is 3.47. The monoisotopic (exact) mass is 331 g/mol. The van der Waals surface area contributed by atoms with Crippen LogP contribution >= 0.6 is 0 Å². The van der Waals surface area contributed by atoms with Gasteiger partial charge in [-0.1, -0.05) is 18.2 Å². The Kier molecular flexibility index (Phi) is 5.96. The van der Waals surface area contributed by atoms with E-state index in [1.165, 1.54) is 24.8 Å². The summed E-state index contributed by atoms with van der Waals surface area (Å²) < 4.78 is 11.4. The van der Waals surface area contributed by atoms with Gasteiger partial charge in [-0.15, -0.1) is 0 Å². The van der Waals surface area contributed by atoms with Crippen LogP contribution in [0.3, 0.4) is 0 Å². The van der Waals surface area contributed by atoms with Crippen molar-refractivity contribution in [2.24, 2.45) is 10.9 Å². The van der Waals surface area contributed by atoms with Gasteiger partial charge in [0.25, 0.3) is 0 Å². The molecule has 2 aliphatic rings. The third-order valence-corrected chi connectivity index (χ3v) is 4.99. The molecule has 0 amide bonds. The first-order valence-corrected chi connectivity index (χ1v) is 9.00. The van der Waals surface area contributed by atoms with E-state index in [1.54, 1.807) is 0 Å². The molecule has 132 valence electrons. The second kappa shape index (κ2) is 8.38. The van der Waals surface area contributed by atoms with Crippen LogP contribution in [0.15, 0.2) is 29.3 Å². The lowest BCUT2D eigenvalue weighted by Gasteiger charge is -2.27. The SMILES string of the molecule is CN=C(NCC1Cc2ccccc2O1)N(C)CCC1CCOCC1. The Morgan fingerprint density at radius 2 is 2.08 bits per heavy atom. The Labute approximate surface area is 145 Å². The number of rotatable bonds is 5. The molecule has 24 heavy (non-hydrogen) atoms. The summed E-state index contributed by atoms with van der Waals surface area (Å²) in [5.74, 6) is 2.75. The minimum absolute atomic E-state index is 0.183. The summed E-state index contributed by atoms with van der Waals surface area (Å²) in [4.78, 5) is 6.63. The summed E-state index contributed by atoms with van der Waals surface area (Å²) in [6.45, 7) is 3.64. The summed E-state index contributed by atoms with van der Waals surface area (Å²) in [5.41, 5.74) is 1.30. The first kappa shape index (κ1) is 17.1. The van der Waals surface area contributed by atoms with Crippen molar-refractivity contribution in [2.45, 2.75) is 31.8 Å². The van der Waals surface area contributed by atoms with Crippen molar-refractivity contribution >= 4 is 5.96 Å². The second-order valence-electron chi connectivity index (χ2n) is 6.75. The Morgan fingerprint density at radius 3 is 2.83 bits per heavy atom. The van der Waals surface area contributed by atoms with Gasteiger partial charge < -0.3 is 19.7 Å². The molecule has 1 N–H and O–H groups in total. The van der Waals surface area contributed by atoms with Gasteiger partial charge in [0, 0.05) is 40.3 Å². The largest absolute Gasteiger partial charge is 0.488 e. The van der Waals surface area contributed by atoms with Crippen LogP contribution in [0, 0.1) is 5.92 Å². The smallest absolute Gasteiger partial charge is 0.193 e. The number of nitrogens with one attached hydrogen (secondary N) is 1. The van der Waals surface area contributed by atoms with Gasteiger partial charge >= 0.3 is 0 Å². The van der Waals surface area contributed by atoms with Gasteiger partial charge in [-0.3, -0.25) is 4.99 Å². The lowest BCUT2D eigenvalue weighted by Crippen LogP contribution is -2.43. The number of hydrogen-bond acceptors (Lipinski definition) is 3. The lowest BCUT2D eigenvalue weighted by molar-refractivity contribution is 0.0625. The van der Waals surface area contributed by atoms with Crippen LogP contribution in [0.4, 0.5) is 0 Å². The number of aliphatic imine (C=N–C) groups is 1. The maximum absolute atomic E-state index is 5.99. The molecule has 1 aromatic carbocycles. The molecule has 1 atom stereocenters. The second-order valence-corrected chi connectivity index (χ2v) is 6.75. The van der Waals surface area contributed by atoms with E-state index in [1.807, 2.05) is 19.2 Å². The topological polar surface area (TPSA) is 46.1 Å². The minimum atomic E-state index is 0.183. The highest BCUT2D eigenvalue weighted by molar-refractivity contribution is 5.79. The molecule has 1 saturated heterocycles. The van der Waals surface area contributed by atoms with Gasteiger partial charge in [0.15, 0.2) is 5.96 Å². The van der Waals surface area contributed by atoms with Crippen molar-refractivity contribution in [3.05, 3.63) is 29.8 Å². The first-order chi connectivity index (χ1) is 11.8. The molecule has 0 spiro atoms. The standard InChI is InChI=1S/C19H29N3O2/c1-20-19(22(2)10-7-15-8-11-23-12-9-15)21-14-17-13-16-5-3-4-6-18(16)24-17/h3-6,15,17H,7-14H2,1-2H3,(H,20,21). The van der Waals surface area contributed by atoms with Crippen LogP contribution < -0.4 is 10.1 Å². The number of guanidine groups is 1. The third kappa shape index (κ3) is 4.41. The minimum Gasteiger partial charge on any atom is -0.488 e. The third-order valence-electron chi connectivity index (χ3n) is 4.99. The van der Waals surface area contributed by atoms with Crippen molar-refractivity contribution < 1.29 is 9.47 Å². The predicted molar refractivity (Wildman–Crippen MR) is 96.7 cm³/mol. The molecule has 5 heteroatoms. The fraction of sp³-hybridized carbons (Fsp3) is 0.632. The van der Waals surface area contributed by atoms with Crippen molar-refractivity contribution in [2.75, 3.05) is 40.4 Å². The molecule has 1 unspecified atom stereocenters. The van der Waals surface area contributed by atoms with Crippen LogP contribution in [0.1, 0.15) is 24.8 Å². The number of nitrogens with zero attached hydrogens (tertiary/aromatic N) is 2. The fourth-order valence-corrected chi connectivity index (χ4v) is 3.47. The molecule has 2 aliphatic heterocycles. The molecule has 5 nitrogen and oxygen atoms in total. The number of ether oxygens (including phenoxy) is 2. The quantitative estimate of drug-likeness (QED) is 0.664. The first-order valence-electron chi connectivity index (χ1n) is 9.00. The van der Waals surface area contributed by atoms with Gasteiger partial charge in [0.05, 0.1) is 6.54 Å². The highest BCUT2D eigenvalue weighted by atomic mass is 16.5. The number of fused-ring (bicyclic) bond motifs is 1. The van der Waals surface area contributed by atoms with Gasteiger partial charge in [0.2, 0.25) is 0 Å². The Bertz CT molecular complexity index is 530. The summed E-state index contributed by atoms with van der Waals surface area (Å²) in [6.07, 6.45) is 4.73. The zero-order valence-corrected chi connectivity index (χ0v) is 14.8. The zero-order valence-electron chi connectivity index (χ0n) is 14.8. The predicted octanol–water partition coefficient (Wildman–Crippen LogP) is 2.31. The molecule has 0 radical (unpaired) electrons. The highest BCUT2D eigenvalue weighted by Crippen LogP contribution is 2.27. The van der Waals surface area contributed by atoms with E-state index in [4.69, 9.17) is 9.47 Å². The van der Waals surface area contributed by atoms with E-state index in [0.717, 1.165) is 50.4 Å². The van der Waals surface area contributed by atoms with Crippen molar-refractivity contribution in [1.82, 2.24) is 10.2 Å². The van der Waals surface area contributed by atoms with E-state index < -0.39 is 0 Å². The molecular formula is C19H29N3O2. The number of para-hydroxylation sites is 1. The Morgan fingerprint density at radius 1 is 1.29 bits per heavy atom. The molecule has 0 aliphatic carbocycles. The highest BCUT2D eigenvalue weighted by Gasteiger charge is 2.23. The number of hydrogen-bond donors (Lipinski definition) is 1. The lowest BCUT2D eigenvalue weighted by atomic mass is 9.96. The van der Waals surface area contributed by atoms with E-state index in [2.05, 4.69) is 34.4 Å². The molecule has 0 saturated carbocycles. The van der Waals surface area contributed by atoms with Gasteiger partial charge in [0.1, 0.15) is 11.9 Å². The summed E-state index contributed by atoms with van der Waals surface area (Å²) in [7, 11) is 3.95. The van der Waals surface area contributed by atoms with E-state index in [9.17, 15) is 0 Å². The van der Waals surface area contributed by atoms with E-state index >= 15 is 0 Å².